The Hall–Kier alpha value is -2.45. The zero-order valence-corrected chi connectivity index (χ0v) is 18.6. The monoisotopic (exact) mass is 440 g/mol. The summed E-state index contributed by atoms with van der Waals surface area (Å²) >= 11 is 5.92. The van der Waals surface area contributed by atoms with Gasteiger partial charge in [-0.15, -0.1) is 0 Å². The molecule has 1 amide bonds. The number of hydrogen-bond acceptors (Lipinski definition) is 5. The van der Waals surface area contributed by atoms with Gasteiger partial charge in [0.2, 0.25) is 10.0 Å². The van der Waals surface area contributed by atoms with Gasteiger partial charge in [0.05, 0.1) is 37.8 Å². The lowest BCUT2D eigenvalue weighted by Gasteiger charge is -2.25. The minimum Gasteiger partial charge on any atom is -0.493 e. The normalized spacial score (nSPS) is 12.2. The maximum absolute atomic E-state index is 13.1. The van der Waals surface area contributed by atoms with Crippen LogP contribution in [0.1, 0.15) is 35.8 Å². The highest BCUT2D eigenvalue weighted by atomic mass is 35.5. The van der Waals surface area contributed by atoms with Gasteiger partial charge in [0.1, 0.15) is 0 Å². The summed E-state index contributed by atoms with van der Waals surface area (Å²) < 4.78 is 36.3. The summed E-state index contributed by atoms with van der Waals surface area (Å²) in [6, 6.07) is 9.76. The van der Waals surface area contributed by atoms with E-state index in [-0.39, 0.29) is 23.8 Å². The van der Waals surface area contributed by atoms with Gasteiger partial charge in [0, 0.05) is 17.6 Å². The van der Waals surface area contributed by atoms with E-state index >= 15 is 0 Å². The molecule has 1 N–H and O–H groups in total. The maximum Gasteiger partial charge on any atom is 0.254 e. The number of halogens is 1. The number of ether oxygens (including phenoxy) is 2. The fourth-order valence-corrected chi connectivity index (χ4v) is 4.05. The SMILES string of the molecule is CCN(c1cc(OC)c(OC)cc1C(=O)NC(C)c1ccc(Cl)cc1)S(C)(=O)=O. The van der Waals surface area contributed by atoms with Crippen molar-refractivity contribution in [2.24, 2.45) is 0 Å². The average molecular weight is 441 g/mol. The first-order valence-electron chi connectivity index (χ1n) is 8.92. The van der Waals surface area contributed by atoms with Crippen molar-refractivity contribution in [2.45, 2.75) is 19.9 Å². The Kier molecular flexibility index (Phi) is 7.37. The van der Waals surface area contributed by atoms with Crippen LogP contribution in [0.4, 0.5) is 5.69 Å². The number of sulfonamides is 1. The maximum atomic E-state index is 13.1. The molecule has 1 unspecified atom stereocenters. The highest BCUT2D eigenvalue weighted by Gasteiger charge is 2.26. The molecule has 158 valence electrons. The quantitative estimate of drug-likeness (QED) is 0.677. The predicted octanol–water partition coefficient (Wildman–Crippen LogP) is 3.63. The van der Waals surface area contributed by atoms with Gasteiger partial charge >= 0.3 is 0 Å². The van der Waals surface area contributed by atoms with Crippen molar-refractivity contribution < 1.29 is 22.7 Å². The molecule has 0 saturated heterocycles. The first kappa shape index (κ1) is 22.8. The van der Waals surface area contributed by atoms with Gasteiger partial charge in [-0.05, 0) is 37.6 Å². The standard InChI is InChI=1S/C20H25ClN2O5S/c1-6-23(29(5,25)26)17-12-19(28-4)18(27-3)11-16(17)20(24)22-13(2)14-7-9-15(21)10-8-14/h7-13H,6H2,1-5H3,(H,22,24). The lowest BCUT2D eigenvalue weighted by Crippen LogP contribution is -2.33. The van der Waals surface area contributed by atoms with Gasteiger partial charge in [-0.1, -0.05) is 23.7 Å². The van der Waals surface area contributed by atoms with E-state index in [2.05, 4.69) is 5.32 Å². The number of carbonyl (C=O) groups excluding carboxylic acids is 1. The second-order valence-electron chi connectivity index (χ2n) is 6.40. The van der Waals surface area contributed by atoms with Gasteiger partial charge in [0.25, 0.3) is 5.91 Å². The van der Waals surface area contributed by atoms with Crippen LogP contribution in [-0.4, -0.2) is 41.3 Å². The number of nitrogens with one attached hydrogen (secondary N) is 1. The number of anilines is 1. The number of amides is 1. The Balaban J connectivity index is 2.50. The van der Waals surface area contributed by atoms with Crippen LogP contribution in [0.2, 0.25) is 5.02 Å². The highest BCUT2D eigenvalue weighted by Crippen LogP contribution is 2.36. The van der Waals surface area contributed by atoms with E-state index in [1.807, 2.05) is 19.1 Å². The smallest absolute Gasteiger partial charge is 0.254 e. The first-order chi connectivity index (χ1) is 13.6. The second-order valence-corrected chi connectivity index (χ2v) is 8.74. The predicted molar refractivity (Wildman–Crippen MR) is 115 cm³/mol. The lowest BCUT2D eigenvalue weighted by molar-refractivity contribution is 0.0940. The van der Waals surface area contributed by atoms with Crippen LogP contribution in [-0.2, 0) is 10.0 Å². The minimum absolute atomic E-state index is 0.154. The number of nitrogens with zero attached hydrogens (tertiary/aromatic N) is 1. The molecule has 0 saturated carbocycles. The molecular weight excluding hydrogens is 416 g/mol. The zero-order chi connectivity index (χ0) is 21.8. The van der Waals surface area contributed by atoms with Crippen LogP contribution < -0.4 is 19.1 Å². The van der Waals surface area contributed by atoms with Gasteiger partial charge in [-0.2, -0.15) is 0 Å². The van der Waals surface area contributed by atoms with E-state index in [0.29, 0.717) is 16.5 Å². The molecule has 0 fully saturated rings. The number of rotatable bonds is 8. The highest BCUT2D eigenvalue weighted by molar-refractivity contribution is 7.92. The van der Waals surface area contributed by atoms with E-state index in [0.717, 1.165) is 16.1 Å². The zero-order valence-electron chi connectivity index (χ0n) is 17.0. The van der Waals surface area contributed by atoms with Gasteiger partial charge in [-0.3, -0.25) is 9.10 Å². The number of methoxy groups -OCH3 is 2. The third-order valence-corrected chi connectivity index (χ3v) is 5.93. The van der Waals surface area contributed by atoms with Crippen molar-refractivity contribution in [2.75, 3.05) is 31.3 Å². The molecule has 0 heterocycles. The van der Waals surface area contributed by atoms with Crippen LogP contribution in [0.3, 0.4) is 0 Å². The summed E-state index contributed by atoms with van der Waals surface area (Å²) in [5, 5.41) is 3.49. The van der Waals surface area contributed by atoms with E-state index in [1.165, 1.54) is 26.4 Å². The summed E-state index contributed by atoms with van der Waals surface area (Å²) in [5.74, 6) is 0.211. The summed E-state index contributed by atoms with van der Waals surface area (Å²) in [5.41, 5.74) is 1.24. The molecule has 29 heavy (non-hydrogen) atoms. The molecule has 2 aromatic rings. The van der Waals surface area contributed by atoms with Gasteiger partial charge in [0.15, 0.2) is 11.5 Å². The number of benzene rings is 2. The average Bonchev–Trinajstić information content (AvgIpc) is 2.67. The van der Waals surface area contributed by atoms with Crippen molar-refractivity contribution in [3.05, 3.63) is 52.5 Å². The minimum atomic E-state index is -3.61. The summed E-state index contributed by atoms with van der Waals surface area (Å²) in [7, 11) is -0.718. The van der Waals surface area contributed by atoms with E-state index in [1.54, 1.807) is 19.1 Å². The van der Waals surface area contributed by atoms with Crippen LogP contribution in [0.25, 0.3) is 0 Å². The van der Waals surface area contributed by atoms with Crippen LogP contribution in [0.5, 0.6) is 11.5 Å². The Morgan fingerprint density at radius 2 is 1.69 bits per heavy atom. The Labute approximate surface area is 176 Å². The van der Waals surface area contributed by atoms with Gasteiger partial charge in [-0.25, -0.2) is 8.42 Å². The summed E-state index contributed by atoms with van der Waals surface area (Å²) in [6.07, 6.45) is 1.09. The largest absolute Gasteiger partial charge is 0.493 e. The third-order valence-electron chi connectivity index (χ3n) is 4.42. The molecule has 0 spiro atoms. The molecule has 0 radical (unpaired) electrons. The van der Waals surface area contributed by atoms with E-state index in [4.69, 9.17) is 21.1 Å². The number of carbonyl (C=O) groups is 1. The molecule has 0 aromatic heterocycles. The van der Waals surface area contributed by atoms with Crippen LogP contribution in [0.15, 0.2) is 36.4 Å². The molecule has 7 nitrogen and oxygen atoms in total. The van der Waals surface area contributed by atoms with Crippen molar-refractivity contribution in [1.29, 1.82) is 0 Å². The van der Waals surface area contributed by atoms with Crippen molar-refractivity contribution in [3.8, 4) is 11.5 Å². The van der Waals surface area contributed by atoms with Crippen LogP contribution >= 0.6 is 11.6 Å². The molecule has 9 heteroatoms. The van der Waals surface area contributed by atoms with Gasteiger partial charge < -0.3 is 14.8 Å². The molecule has 0 bridgehead atoms. The molecule has 0 aliphatic heterocycles. The van der Waals surface area contributed by atoms with Crippen molar-refractivity contribution >= 4 is 33.2 Å². The molecule has 2 aromatic carbocycles. The topological polar surface area (TPSA) is 84.9 Å². The van der Waals surface area contributed by atoms with E-state index < -0.39 is 15.9 Å². The van der Waals surface area contributed by atoms with Crippen LogP contribution in [0, 0.1) is 0 Å². The Bertz CT molecular complexity index is 977. The van der Waals surface area contributed by atoms with Crippen molar-refractivity contribution in [1.82, 2.24) is 5.32 Å². The lowest BCUT2D eigenvalue weighted by atomic mass is 10.1. The fraction of sp³-hybridized carbons (Fsp3) is 0.350. The first-order valence-corrected chi connectivity index (χ1v) is 11.1. The second kappa shape index (κ2) is 9.37. The Morgan fingerprint density at radius 3 is 2.17 bits per heavy atom. The summed E-state index contributed by atoms with van der Waals surface area (Å²) in [6.45, 7) is 3.67. The third kappa shape index (κ3) is 5.33. The molecule has 2 rings (SSSR count). The van der Waals surface area contributed by atoms with E-state index in [9.17, 15) is 13.2 Å². The molecule has 0 aliphatic rings. The molecule has 1 atom stereocenters. The van der Waals surface area contributed by atoms with Crippen molar-refractivity contribution in [3.63, 3.8) is 0 Å². The molecule has 0 aliphatic carbocycles. The number of hydrogen-bond donors (Lipinski definition) is 1. The Morgan fingerprint density at radius 1 is 1.14 bits per heavy atom. The fourth-order valence-electron chi connectivity index (χ4n) is 2.95. The summed E-state index contributed by atoms with van der Waals surface area (Å²) in [4.78, 5) is 13.1. The molecular formula is C20H25ClN2O5S.